The average Bonchev–Trinajstić information content (AvgIpc) is 2.82. The largest absolute Gasteiger partial charge is 0.497 e. The van der Waals surface area contributed by atoms with Crippen LogP contribution in [0.5, 0.6) is 11.5 Å². The fourth-order valence-corrected chi connectivity index (χ4v) is 3.98. The molecule has 1 fully saturated rings. The summed E-state index contributed by atoms with van der Waals surface area (Å²) in [6.45, 7) is 5.69. The third kappa shape index (κ3) is 5.93. The summed E-state index contributed by atoms with van der Waals surface area (Å²) in [5.74, 6) is 1.44. The fraction of sp³-hybridized carbons (Fsp3) is 0.440. The lowest BCUT2D eigenvalue weighted by molar-refractivity contribution is 0.0950. The van der Waals surface area contributed by atoms with E-state index < -0.39 is 0 Å². The average molecular weight is 440 g/mol. The van der Waals surface area contributed by atoms with Crippen LogP contribution < -0.4 is 20.1 Å². The number of hydrogen-bond donors (Lipinski definition) is 2. The summed E-state index contributed by atoms with van der Waals surface area (Å²) in [7, 11) is 3.20. The molecule has 1 aliphatic heterocycles. The van der Waals surface area contributed by atoms with Crippen molar-refractivity contribution in [1.82, 2.24) is 15.5 Å². The molecule has 0 spiro atoms. The predicted molar refractivity (Wildman–Crippen MR) is 124 cm³/mol. The van der Waals surface area contributed by atoms with E-state index in [9.17, 15) is 9.59 Å². The van der Waals surface area contributed by atoms with E-state index in [1.807, 2.05) is 55.1 Å². The molecule has 3 amide bonds. The van der Waals surface area contributed by atoms with Crippen LogP contribution in [0, 0.1) is 0 Å². The highest BCUT2D eigenvalue weighted by atomic mass is 16.5. The van der Waals surface area contributed by atoms with E-state index >= 15 is 0 Å². The van der Waals surface area contributed by atoms with E-state index in [1.165, 1.54) is 0 Å². The van der Waals surface area contributed by atoms with Crippen LogP contribution in [0.2, 0.25) is 0 Å². The Bertz CT molecular complexity index is 945. The number of hydrogen-bond acceptors (Lipinski definition) is 4. The van der Waals surface area contributed by atoms with Crippen molar-refractivity contribution in [3.05, 3.63) is 59.2 Å². The number of carbonyl (C=O) groups is 2. The lowest BCUT2D eigenvalue weighted by Crippen LogP contribution is -2.47. The normalized spacial score (nSPS) is 15.9. The van der Waals surface area contributed by atoms with Crippen molar-refractivity contribution >= 4 is 11.9 Å². The molecule has 0 aromatic heterocycles. The molecule has 32 heavy (non-hydrogen) atoms. The zero-order chi connectivity index (χ0) is 23.1. The molecule has 172 valence electrons. The molecule has 1 heterocycles. The topological polar surface area (TPSA) is 79.9 Å². The highest BCUT2D eigenvalue weighted by molar-refractivity contribution is 5.94. The van der Waals surface area contributed by atoms with Crippen molar-refractivity contribution in [3.8, 4) is 11.5 Å². The first-order chi connectivity index (χ1) is 15.4. The van der Waals surface area contributed by atoms with E-state index in [2.05, 4.69) is 10.6 Å². The standard InChI is InChI=1S/C25H33N3O4/c1-17(2)27-25(30)28-12-6-9-21(16-28)18-7-5-8-19(13-18)24(29)26-15-20-10-11-22(31-3)14-23(20)32-4/h5,7-8,10-11,13-14,17,21H,6,9,12,15-16H2,1-4H3,(H,26,29)(H,27,30). The number of methoxy groups -OCH3 is 2. The summed E-state index contributed by atoms with van der Waals surface area (Å²) >= 11 is 0. The monoisotopic (exact) mass is 439 g/mol. The minimum absolute atomic E-state index is 0.0213. The van der Waals surface area contributed by atoms with Gasteiger partial charge in [-0.25, -0.2) is 4.79 Å². The van der Waals surface area contributed by atoms with E-state index in [0.717, 1.165) is 30.5 Å². The predicted octanol–water partition coefficient (Wildman–Crippen LogP) is 3.93. The van der Waals surface area contributed by atoms with Gasteiger partial charge in [0.15, 0.2) is 0 Å². The van der Waals surface area contributed by atoms with Crippen LogP contribution in [0.1, 0.15) is 54.1 Å². The molecule has 1 saturated heterocycles. The molecule has 7 heteroatoms. The van der Waals surface area contributed by atoms with Crippen LogP contribution in [-0.4, -0.2) is 50.2 Å². The van der Waals surface area contributed by atoms with E-state index in [1.54, 1.807) is 20.3 Å². The van der Waals surface area contributed by atoms with E-state index in [-0.39, 0.29) is 23.9 Å². The first-order valence-corrected chi connectivity index (χ1v) is 11.1. The maximum Gasteiger partial charge on any atom is 0.317 e. The van der Waals surface area contributed by atoms with Gasteiger partial charge in [-0.15, -0.1) is 0 Å². The Morgan fingerprint density at radius 2 is 1.94 bits per heavy atom. The molecule has 0 saturated carbocycles. The van der Waals surface area contributed by atoms with Gasteiger partial charge in [-0.05, 0) is 56.5 Å². The van der Waals surface area contributed by atoms with Gasteiger partial charge in [0.1, 0.15) is 11.5 Å². The summed E-state index contributed by atoms with van der Waals surface area (Å²) in [4.78, 5) is 27.1. The lowest BCUT2D eigenvalue weighted by atomic mass is 9.89. The van der Waals surface area contributed by atoms with Crippen molar-refractivity contribution in [2.75, 3.05) is 27.3 Å². The number of amides is 3. The second-order valence-corrected chi connectivity index (χ2v) is 8.38. The van der Waals surface area contributed by atoms with Gasteiger partial charge in [0.2, 0.25) is 0 Å². The number of benzene rings is 2. The number of piperidine rings is 1. The molecule has 7 nitrogen and oxygen atoms in total. The second kappa shape index (κ2) is 10.9. The Balaban J connectivity index is 1.65. The van der Waals surface area contributed by atoms with Gasteiger partial charge in [-0.2, -0.15) is 0 Å². The molecule has 2 N–H and O–H groups in total. The minimum Gasteiger partial charge on any atom is -0.497 e. The van der Waals surface area contributed by atoms with Crippen LogP contribution in [0.15, 0.2) is 42.5 Å². The quantitative estimate of drug-likeness (QED) is 0.685. The SMILES string of the molecule is COc1ccc(CNC(=O)c2cccc(C3CCCN(C(=O)NC(C)C)C3)c2)c(OC)c1. The highest BCUT2D eigenvalue weighted by Gasteiger charge is 2.25. The Hall–Kier alpha value is -3.22. The molecule has 2 aromatic rings. The van der Waals surface area contributed by atoms with Gasteiger partial charge in [-0.1, -0.05) is 12.1 Å². The molecular weight excluding hydrogens is 406 g/mol. The molecule has 3 rings (SSSR count). The summed E-state index contributed by atoms with van der Waals surface area (Å²) in [5.41, 5.74) is 2.57. The Morgan fingerprint density at radius 1 is 1.12 bits per heavy atom. The maximum atomic E-state index is 12.8. The van der Waals surface area contributed by atoms with Crippen molar-refractivity contribution in [2.24, 2.45) is 0 Å². The number of ether oxygens (including phenoxy) is 2. The first kappa shape index (κ1) is 23.4. The lowest BCUT2D eigenvalue weighted by Gasteiger charge is -2.33. The molecule has 1 atom stereocenters. The van der Waals surface area contributed by atoms with Gasteiger partial charge in [0.05, 0.1) is 14.2 Å². The Labute approximate surface area is 190 Å². The number of rotatable bonds is 7. The van der Waals surface area contributed by atoms with Crippen molar-refractivity contribution in [2.45, 2.75) is 45.2 Å². The molecule has 1 aliphatic rings. The fourth-order valence-electron chi connectivity index (χ4n) is 3.98. The summed E-state index contributed by atoms with van der Waals surface area (Å²) in [5, 5.41) is 5.94. The number of nitrogens with one attached hydrogen (secondary N) is 2. The highest BCUT2D eigenvalue weighted by Crippen LogP contribution is 2.28. The van der Waals surface area contributed by atoms with Crippen LogP contribution in [-0.2, 0) is 6.54 Å². The van der Waals surface area contributed by atoms with E-state index in [4.69, 9.17) is 9.47 Å². The first-order valence-electron chi connectivity index (χ1n) is 11.1. The van der Waals surface area contributed by atoms with Gasteiger partial charge in [0.25, 0.3) is 5.91 Å². The van der Waals surface area contributed by atoms with Crippen molar-refractivity contribution in [1.29, 1.82) is 0 Å². The Kier molecular flexibility index (Phi) is 7.98. The van der Waals surface area contributed by atoms with E-state index in [0.29, 0.717) is 30.2 Å². The van der Waals surface area contributed by atoms with Crippen LogP contribution in [0.4, 0.5) is 4.79 Å². The van der Waals surface area contributed by atoms with Crippen molar-refractivity contribution < 1.29 is 19.1 Å². The molecule has 0 aliphatic carbocycles. The third-order valence-electron chi connectivity index (χ3n) is 5.67. The van der Waals surface area contributed by atoms with Crippen LogP contribution in [0.3, 0.4) is 0 Å². The molecule has 1 unspecified atom stereocenters. The zero-order valence-corrected chi connectivity index (χ0v) is 19.3. The van der Waals surface area contributed by atoms with Gasteiger partial charge in [-0.3, -0.25) is 4.79 Å². The van der Waals surface area contributed by atoms with Crippen LogP contribution >= 0.6 is 0 Å². The Morgan fingerprint density at radius 3 is 2.66 bits per heavy atom. The third-order valence-corrected chi connectivity index (χ3v) is 5.67. The zero-order valence-electron chi connectivity index (χ0n) is 19.3. The number of carbonyl (C=O) groups excluding carboxylic acids is 2. The molecular formula is C25H33N3O4. The molecule has 0 bridgehead atoms. The van der Waals surface area contributed by atoms with Gasteiger partial charge in [0, 0.05) is 48.8 Å². The van der Waals surface area contributed by atoms with Crippen LogP contribution in [0.25, 0.3) is 0 Å². The van der Waals surface area contributed by atoms with Crippen molar-refractivity contribution in [3.63, 3.8) is 0 Å². The maximum absolute atomic E-state index is 12.8. The number of urea groups is 1. The summed E-state index contributed by atoms with van der Waals surface area (Å²) in [6, 6.07) is 13.3. The summed E-state index contributed by atoms with van der Waals surface area (Å²) in [6.07, 6.45) is 1.95. The van der Waals surface area contributed by atoms with Gasteiger partial charge >= 0.3 is 6.03 Å². The molecule has 2 aromatic carbocycles. The smallest absolute Gasteiger partial charge is 0.317 e. The minimum atomic E-state index is -0.144. The van der Waals surface area contributed by atoms with Gasteiger partial charge < -0.3 is 25.0 Å². The second-order valence-electron chi connectivity index (χ2n) is 8.38. The summed E-state index contributed by atoms with van der Waals surface area (Å²) < 4.78 is 10.6. The number of nitrogens with zero attached hydrogens (tertiary/aromatic N) is 1. The number of likely N-dealkylation sites (tertiary alicyclic amines) is 1. The molecule has 0 radical (unpaired) electrons.